The minimum Gasteiger partial charge on any atom is -0.408 e. The van der Waals surface area contributed by atoms with Crippen molar-refractivity contribution in [2.75, 3.05) is 13.7 Å². The Balaban J connectivity index is 2.89. The molecule has 1 aliphatic rings. The van der Waals surface area contributed by atoms with E-state index in [9.17, 15) is 5.11 Å². The van der Waals surface area contributed by atoms with Crippen molar-refractivity contribution in [3.63, 3.8) is 0 Å². The molecule has 1 heterocycles. The van der Waals surface area contributed by atoms with Crippen molar-refractivity contribution in [3.8, 4) is 0 Å². The number of rotatable bonds is 6. The molecule has 1 saturated heterocycles. The topological polar surface area (TPSA) is 47.9 Å². The highest BCUT2D eigenvalue weighted by Crippen LogP contribution is 2.40. The highest BCUT2D eigenvalue weighted by molar-refractivity contribution is 6.74. The molecule has 0 amide bonds. The molecule has 0 saturated carbocycles. The summed E-state index contributed by atoms with van der Waals surface area (Å²) >= 11 is 0. The van der Waals surface area contributed by atoms with E-state index in [1.54, 1.807) is 7.11 Å². The van der Waals surface area contributed by atoms with Crippen LogP contribution in [0.2, 0.25) is 18.1 Å². The zero-order chi connectivity index (χ0) is 15.6. The van der Waals surface area contributed by atoms with Crippen LogP contribution in [0.25, 0.3) is 0 Å². The average Bonchev–Trinajstić information content (AvgIpc) is 2.65. The Morgan fingerprint density at radius 3 is 2.15 bits per heavy atom. The lowest BCUT2D eigenvalue weighted by molar-refractivity contribution is -0.0244. The molecule has 0 aromatic heterocycles. The molecule has 0 spiro atoms. The van der Waals surface area contributed by atoms with Gasteiger partial charge in [0, 0.05) is 7.11 Å². The van der Waals surface area contributed by atoms with E-state index in [0.29, 0.717) is 0 Å². The minimum absolute atomic E-state index is 0.0145. The van der Waals surface area contributed by atoms with Gasteiger partial charge in [-0.3, -0.25) is 0 Å². The molecule has 0 aromatic rings. The predicted molar refractivity (Wildman–Crippen MR) is 83.5 cm³/mol. The molecule has 5 heteroatoms. The number of ether oxygens (including phenoxy) is 2. The lowest BCUT2D eigenvalue weighted by atomic mass is 10.0. The number of methoxy groups -OCH3 is 1. The molecule has 4 nitrogen and oxygen atoms in total. The zero-order valence-electron chi connectivity index (χ0n) is 14.1. The Hall–Kier alpha value is 0.0569. The van der Waals surface area contributed by atoms with Crippen LogP contribution in [0.3, 0.4) is 0 Å². The van der Waals surface area contributed by atoms with Gasteiger partial charge in [0.15, 0.2) is 8.32 Å². The van der Waals surface area contributed by atoms with Gasteiger partial charge in [-0.05, 0) is 24.6 Å². The van der Waals surface area contributed by atoms with Gasteiger partial charge in [-0.25, -0.2) is 0 Å². The van der Waals surface area contributed by atoms with Gasteiger partial charge < -0.3 is 19.0 Å². The Bertz CT molecular complexity index is 301. The lowest BCUT2D eigenvalue weighted by Gasteiger charge is -2.40. The van der Waals surface area contributed by atoms with Crippen molar-refractivity contribution in [1.29, 1.82) is 0 Å². The van der Waals surface area contributed by atoms with Gasteiger partial charge in [0.1, 0.15) is 18.3 Å². The van der Waals surface area contributed by atoms with Crippen LogP contribution in [0.1, 0.15) is 40.5 Å². The van der Waals surface area contributed by atoms with Crippen LogP contribution in [0.5, 0.6) is 0 Å². The van der Waals surface area contributed by atoms with Gasteiger partial charge in [0.05, 0.1) is 12.7 Å². The van der Waals surface area contributed by atoms with E-state index in [1.807, 2.05) is 0 Å². The van der Waals surface area contributed by atoms with Crippen molar-refractivity contribution in [1.82, 2.24) is 0 Å². The van der Waals surface area contributed by atoms with Gasteiger partial charge >= 0.3 is 0 Å². The van der Waals surface area contributed by atoms with E-state index in [2.05, 4.69) is 40.8 Å². The minimum atomic E-state index is -1.91. The molecule has 20 heavy (non-hydrogen) atoms. The van der Waals surface area contributed by atoms with Crippen LogP contribution in [-0.2, 0) is 13.9 Å². The van der Waals surface area contributed by atoms with E-state index in [-0.39, 0.29) is 36.1 Å². The Labute approximate surface area is 124 Å². The fourth-order valence-electron chi connectivity index (χ4n) is 2.41. The van der Waals surface area contributed by atoms with Crippen molar-refractivity contribution >= 4 is 8.32 Å². The van der Waals surface area contributed by atoms with E-state index in [4.69, 9.17) is 13.9 Å². The molecule has 0 radical (unpaired) electrons. The molecule has 1 N–H and O–H groups in total. The summed E-state index contributed by atoms with van der Waals surface area (Å²) in [7, 11) is -0.203. The van der Waals surface area contributed by atoms with Crippen molar-refractivity contribution < 1.29 is 19.0 Å². The summed E-state index contributed by atoms with van der Waals surface area (Å²) in [4.78, 5) is 0. The van der Waals surface area contributed by atoms with Crippen molar-refractivity contribution in [2.45, 2.75) is 83.1 Å². The first-order chi connectivity index (χ1) is 9.17. The maximum absolute atomic E-state index is 9.59. The van der Waals surface area contributed by atoms with E-state index >= 15 is 0 Å². The third kappa shape index (κ3) is 3.83. The molecule has 0 bridgehead atoms. The third-order valence-corrected chi connectivity index (χ3v) is 9.14. The van der Waals surface area contributed by atoms with Gasteiger partial charge in [-0.2, -0.15) is 0 Å². The predicted octanol–water partition coefficient (Wildman–Crippen LogP) is 2.95. The maximum Gasteiger partial charge on any atom is 0.192 e. The second-order valence-corrected chi connectivity index (χ2v) is 12.0. The summed E-state index contributed by atoms with van der Waals surface area (Å²) < 4.78 is 18.1. The molecular formula is C15H32O4Si. The summed E-state index contributed by atoms with van der Waals surface area (Å²) in [6, 6.07) is 0. The van der Waals surface area contributed by atoms with Gasteiger partial charge in [0.2, 0.25) is 0 Å². The summed E-state index contributed by atoms with van der Waals surface area (Å²) in [6.45, 7) is 13.2. The largest absolute Gasteiger partial charge is 0.408 e. The Kier molecular flexibility index (Phi) is 6.23. The fraction of sp³-hybridized carbons (Fsp3) is 1.00. The first-order valence-corrected chi connectivity index (χ1v) is 10.6. The summed E-state index contributed by atoms with van der Waals surface area (Å²) in [5, 5.41) is 9.72. The number of hydrogen-bond acceptors (Lipinski definition) is 4. The normalized spacial score (nSPS) is 31.8. The standard InChI is InChI=1S/C15H32O4Si/c1-8-9-11-13(17-5)14(12(10-16)18-11)19-20(6,7)15(2,3)4/h11-14,16H,8-10H2,1-7H3/t11?,12-,13+,14?/m1/s1. The molecule has 1 rings (SSSR count). The van der Waals surface area contributed by atoms with Gasteiger partial charge in [-0.1, -0.05) is 34.1 Å². The van der Waals surface area contributed by atoms with Crippen LogP contribution in [0.15, 0.2) is 0 Å². The molecule has 4 atom stereocenters. The SMILES string of the molecule is CCCC1O[C@H](CO)C(O[Si](C)(C)C(C)(C)C)[C@H]1OC. The van der Waals surface area contributed by atoms with Crippen LogP contribution >= 0.6 is 0 Å². The molecule has 2 unspecified atom stereocenters. The average molecular weight is 305 g/mol. The second kappa shape index (κ2) is 6.88. The molecule has 1 aliphatic heterocycles. The third-order valence-electron chi connectivity index (χ3n) is 4.67. The lowest BCUT2D eigenvalue weighted by Crippen LogP contribution is -2.50. The molecule has 0 aromatic carbocycles. The molecular weight excluding hydrogens is 272 g/mol. The quantitative estimate of drug-likeness (QED) is 0.767. The fourth-order valence-corrected chi connectivity index (χ4v) is 3.73. The first-order valence-electron chi connectivity index (χ1n) is 7.65. The van der Waals surface area contributed by atoms with Crippen molar-refractivity contribution in [3.05, 3.63) is 0 Å². The van der Waals surface area contributed by atoms with E-state index in [1.165, 1.54) is 0 Å². The maximum atomic E-state index is 9.59. The Morgan fingerprint density at radius 2 is 1.75 bits per heavy atom. The van der Waals surface area contributed by atoms with Crippen LogP contribution in [0.4, 0.5) is 0 Å². The number of hydrogen-bond donors (Lipinski definition) is 1. The number of aliphatic hydroxyl groups excluding tert-OH is 1. The Morgan fingerprint density at radius 1 is 1.15 bits per heavy atom. The van der Waals surface area contributed by atoms with Crippen molar-refractivity contribution in [2.24, 2.45) is 0 Å². The molecule has 1 fully saturated rings. The first kappa shape index (κ1) is 18.1. The highest BCUT2D eigenvalue weighted by Gasteiger charge is 2.49. The monoisotopic (exact) mass is 304 g/mol. The zero-order valence-corrected chi connectivity index (χ0v) is 15.1. The van der Waals surface area contributed by atoms with Crippen LogP contribution in [0, 0.1) is 0 Å². The summed E-state index contributed by atoms with van der Waals surface area (Å²) in [5.41, 5.74) is 0. The van der Waals surface area contributed by atoms with Gasteiger partial charge in [-0.15, -0.1) is 0 Å². The summed E-state index contributed by atoms with van der Waals surface area (Å²) in [6.07, 6.45) is 1.48. The van der Waals surface area contributed by atoms with E-state index < -0.39 is 8.32 Å². The second-order valence-electron chi connectivity index (χ2n) is 7.23. The van der Waals surface area contributed by atoms with Crippen LogP contribution in [-0.4, -0.2) is 51.6 Å². The smallest absolute Gasteiger partial charge is 0.192 e. The van der Waals surface area contributed by atoms with Gasteiger partial charge in [0.25, 0.3) is 0 Å². The molecule has 0 aliphatic carbocycles. The summed E-state index contributed by atoms with van der Waals surface area (Å²) in [5.74, 6) is 0. The highest BCUT2D eigenvalue weighted by atomic mass is 28.4. The van der Waals surface area contributed by atoms with E-state index in [0.717, 1.165) is 12.8 Å². The van der Waals surface area contributed by atoms with Crippen LogP contribution < -0.4 is 0 Å². The molecule has 120 valence electrons. The number of aliphatic hydroxyl groups is 1.